The fourth-order valence-corrected chi connectivity index (χ4v) is 3.54. The number of carbonyl (C=O) groups is 1. The Hall–Kier alpha value is -2.16. The largest absolute Gasteiger partial charge is 0.433 e. The van der Waals surface area contributed by atoms with Crippen LogP contribution in [0.25, 0.3) is 11.2 Å². The number of hydrogen-bond donors (Lipinski definition) is 2. The van der Waals surface area contributed by atoms with Crippen LogP contribution in [0, 0.1) is 5.92 Å². The van der Waals surface area contributed by atoms with Gasteiger partial charge in [-0.15, -0.1) is 0 Å². The van der Waals surface area contributed by atoms with E-state index in [1.807, 2.05) is 0 Å². The number of aromatic nitrogens is 3. The molecule has 1 atom stereocenters. The number of carbonyl (C=O) groups excluding carboxylic acids is 1. The molecule has 1 aliphatic carbocycles. The van der Waals surface area contributed by atoms with Crippen LogP contribution in [0.15, 0.2) is 12.1 Å². The predicted octanol–water partition coefficient (Wildman–Crippen LogP) is 4.30. The van der Waals surface area contributed by atoms with Gasteiger partial charge in [-0.1, -0.05) is 20.8 Å². The standard InChI is InChI=1S/C19H25F3N4O2/c1-4-18(28,5-2)11(3)16(27)25-17-23-13-9-10-14(19(20,21)22)24-15(13)26(17)12-7-6-8-12/h9-12,28H,4-8H2,1-3H3,(H,23,25,27)/t11-/m1/s1. The number of nitrogens with one attached hydrogen (secondary N) is 1. The van der Waals surface area contributed by atoms with E-state index in [1.165, 1.54) is 6.07 Å². The maximum absolute atomic E-state index is 13.1. The van der Waals surface area contributed by atoms with Crippen LogP contribution >= 0.6 is 0 Å². The van der Waals surface area contributed by atoms with E-state index < -0.39 is 29.3 Å². The molecule has 1 fully saturated rings. The van der Waals surface area contributed by atoms with Crippen LogP contribution in [0.5, 0.6) is 0 Å². The average molecular weight is 398 g/mol. The van der Waals surface area contributed by atoms with Crippen molar-refractivity contribution in [3.8, 4) is 0 Å². The topological polar surface area (TPSA) is 80.0 Å². The first-order chi connectivity index (χ1) is 13.1. The van der Waals surface area contributed by atoms with Gasteiger partial charge in [0, 0.05) is 6.04 Å². The fraction of sp³-hybridized carbons (Fsp3) is 0.632. The number of imidazole rings is 1. The van der Waals surface area contributed by atoms with E-state index in [2.05, 4.69) is 15.3 Å². The molecule has 0 saturated heterocycles. The van der Waals surface area contributed by atoms with E-state index in [-0.39, 0.29) is 17.6 Å². The summed E-state index contributed by atoms with van der Waals surface area (Å²) in [7, 11) is 0. The Morgan fingerprint density at radius 3 is 2.43 bits per heavy atom. The number of nitrogens with zero attached hydrogens (tertiary/aromatic N) is 3. The van der Waals surface area contributed by atoms with Crippen molar-refractivity contribution in [2.24, 2.45) is 5.92 Å². The minimum Gasteiger partial charge on any atom is -0.389 e. The smallest absolute Gasteiger partial charge is 0.389 e. The van der Waals surface area contributed by atoms with Crippen molar-refractivity contribution < 1.29 is 23.1 Å². The van der Waals surface area contributed by atoms with Gasteiger partial charge in [0.25, 0.3) is 0 Å². The minimum atomic E-state index is -4.56. The second kappa shape index (κ2) is 7.35. The number of hydrogen-bond acceptors (Lipinski definition) is 4. The van der Waals surface area contributed by atoms with Gasteiger partial charge in [-0.05, 0) is 44.2 Å². The number of fused-ring (bicyclic) bond motifs is 1. The Kier molecular flexibility index (Phi) is 5.40. The zero-order valence-electron chi connectivity index (χ0n) is 16.2. The molecular formula is C19H25F3N4O2. The van der Waals surface area contributed by atoms with E-state index in [1.54, 1.807) is 25.3 Å². The molecule has 2 aromatic heterocycles. The molecule has 3 rings (SSSR count). The third-order valence-electron chi connectivity index (χ3n) is 5.93. The Labute approximate surface area is 161 Å². The number of rotatable bonds is 6. The third kappa shape index (κ3) is 3.59. The fourth-order valence-electron chi connectivity index (χ4n) is 3.54. The van der Waals surface area contributed by atoms with Gasteiger partial charge in [-0.25, -0.2) is 9.97 Å². The van der Waals surface area contributed by atoms with E-state index in [0.717, 1.165) is 25.3 Å². The molecule has 1 aliphatic rings. The molecule has 1 saturated carbocycles. The molecule has 2 N–H and O–H groups in total. The second-order valence-corrected chi connectivity index (χ2v) is 7.45. The van der Waals surface area contributed by atoms with Crippen LogP contribution in [0.2, 0.25) is 0 Å². The molecule has 0 aliphatic heterocycles. The van der Waals surface area contributed by atoms with Crippen LogP contribution in [-0.2, 0) is 11.0 Å². The summed E-state index contributed by atoms with van der Waals surface area (Å²) in [5.41, 5.74) is -1.73. The van der Waals surface area contributed by atoms with Crippen LogP contribution in [0.1, 0.15) is 64.6 Å². The number of pyridine rings is 1. The maximum atomic E-state index is 13.1. The molecule has 0 radical (unpaired) electrons. The first-order valence-corrected chi connectivity index (χ1v) is 9.60. The number of alkyl halides is 3. The Balaban J connectivity index is 2.00. The summed E-state index contributed by atoms with van der Waals surface area (Å²) in [6.45, 7) is 5.25. The second-order valence-electron chi connectivity index (χ2n) is 7.45. The average Bonchev–Trinajstić information content (AvgIpc) is 2.95. The molecule has 0 bridgehead atoms. The van der Waals surface area contributed by atoms with Gasteiger partial charge in [0.05, 0.1) is 11.5 Å². The SMILES string of the molecule is CCC(O)(CC)[C@H](C)C(=O)Nc1nc2ccc(C(F)(F)F)nc2n1C1CCC1. The van der Waals surface area contributed by atoms with Crippen LogP contribution < -0.4 is 5.32 Å². The lowest BCUT2D eigenvalue weighted by atomic mass is 9.83. The molecule has 0 aromatic carbocycles. The van der Waals surface area contributed by atoms with E-state index in [9.17, 15) is 23.1 Å². The van der Waals surface area contributed by atoms with Crippen molar-refractivity contribution in [1.82, 2.24) is 14.5 Å². The zero-order valence-corrected chi connectivity index (χ0v) is 16.2. The quantitative estimate of drug-likeness (QED) is 0.760. The van der Waals surface area contributed by atoms with Gasteiger partial charge >= 0.3 is 6.18 Å². The zero-order chi connectivity index (χ0) is 20.7. The molecule has 0 unspecified atom stereocenters. The molecule has 2 aromatic rings. The van der Waals surface area contributed by atoms with Crippen molar-refractivity contribution in [3.63, 3.8) is 0 Å². The molecule has 1 amide bonds. The van der Waals surface area contributed by atoms with Crippen molar-refractivity contribution in [2.45, 2.75) is 70.7 Å². The Bertz CT molecular complexity index is 870. The molecular weight excluding hydrogens is 373 g/mol. The van der Waals surface area contributed by atoms with Crippen molar-refractivity contribution in [3.05, 3.63) is 17.8 Å². The number of amides is 1. The maximum Gasteiger partial charge on any atom is 0.433 e. The molecule has 28 heavy (non-hydrogen) atoms. The summed E-state index contributed by atoms with van der Waals surface area (Å²) in [6, 6.07) is 2.11. The number of aliphatic hydroxyl groups is 1. The molecule has 154 valence electrons. The first-order valence-electron chi connectivity index (χ1n) is 9.60. The summed E-state index contributed by atoms with van der Waals surface area (Å²) in [5.74, 6) is -0.938. The Morgan fingerprint density at radius 1 is 1.29 bits per heavy atom. The van der Waals surface area contributed by atoms with Gasteiger partial charge in [0.2, 0.25) is 11.9 Å². The molecule has 6 nitrogen and oxygen atoms in total. The van der Waals surface area contributed by atoms with Gasteiger partial charge in [-0.3, -0.25) is 14.7 Å². The minimum absolute atomic E-state index is 0.0529. The molecule has 2 heterocycles. The highest BCUT2D eigenvalue weighted by molar-refractivity contribution is 5.93. The lowest BCUT2D eigenvalue weighted by Crippen LogP contribution is -2.42. The lowest BCUT2D eigenvalue weighted by Gasteiger charge is -2.32. The molecule has 0 spiro atoms. The predicted molar refractivity (Wildman–Crippen MR) is 98.7 cm³/mol. The third-order valence-corrected chi connectivity index (χ3v) is 5.93. The monoisotopic (exact) mass is 398 g/mol. The highest BCUT2D eigenvalue weighted by Gasteiger charge is 2.37. The summed E-state index contributed by atoms with van der Waals surface area (Å²) in [6.07, 6.45) is -1.20. The van der Waals surface area contributed by atoms with Crippen LogP contribution in [-0.4, -0.2) is 31.1 Å². The highest BCUT2D eigenvalue weighted by atomic mass is 19.4. The summed E-state index contributed by atoms with van der Waals surface area (Å²) >= 11 is 0. The van der Waals surface area contributed by atoms with Gasteiger partial charge in [0.1, 0.15) is 11.2 Å². The van der Waals surface area contributed by atoms with Crippen LogP contribution in [0.3, 0.4) is 0 Å². The normalized spacial score (nSPS) is 16.8. The van der Waals surface area contributed by atoms with Crippen molar-refractivity contribution >= 4 is 23.0 Å². The van der Waals surface area contributed by atoms with Gasteiger partial charge in [0.15, 0.2) is 5.65 Å². The highest BCUT2D eigenvalue weighted by Crippen LogP contribution is 2.38. The van der Waals surface area contributed by atoms with Crippen molar-refractivity contribution in [2.75, 3.05) is 5.32 Å². The molecule has 9 heteroatoms. The number of halogens is 3. The Morgan fingerprint density at radius 2 is 1.93 bits per heavy atom. The summed E-state index contributed by atoms with van der Waals surface area (Å²) < 4.78 is 40.9. The van der Waals surface area contributed by atoms with Crippen molar-refractivity contribution in [1.29, 1.82) is 0 Å². The van der Waals surface area contributed by atoms with E-state index in [4.69, 9.17) is 0 Å². The summed E-state index contributed by atoms with van der Waals surface area (Å²) in [4.78, 5) is 20.8. The lowest BCUT2D eigenvalue weighted by molar-refractivity contribution is -0.141. The first kappa shape index (κ1) is 20.6. The van der Waals surface area contributed by atoms with Gasteiger partial charge in [-0.2, -0.15) is 13.2 Å². The number of anilines is 1. The van der Waals surface area contributed by atoms with Gasteiger partial charge < -0.3 is 5.11 Å². The van der Waals surface area contributed by atoms with Crippen LogP contribution in [0.4, 0.5) is 19.1 Å². The van der Waals surface area contributed by atoms with E-state index >= 15 is 0 Å². The van der Waals surface area contributed by atoms with E-state index in [0.29, 0.717) is 18.4 Å². The summed E-state index contributed by atoms with van der Waals surface area (Å²) in [5, 5.41) is 13.3.